The summed E-state index contributed by atoms with van der Waals surface area (Å²) in [6.45, 7) is 5.88. The molecule has 7 nitrogen and oxygen atoms in total. The molecule has 0 saturated heterocycles. The lowest BCUT2D eigenvalue weighted by Crippen LogP contribution is -2.34. The largest absolute Gasteiger partial charge is 0.487 e. The van der Waals surface area contributed by atoms with Gasteiger partial charge in [0.15, 0.2) is 0 Å². The first-order valence-electron chi connectivity index (χ1n) is 8.91. The van der Waals surface area contributed by atoms with Crippen molar-refractivity contribution in [3.8, 4) is 5.75 Å². The van der Waals surface area contributed by atoms with E-state index in [4.69, 9.17) is 4.74 Å². The lowest BCUT2D eigenvalue weighted by Gasteiger charge is -2.19. The number of benzene rings is 1. The van der Waals surface area contributed by atoms with E-state index in [0.29, 0.717) is 18.7 Å². The first-order chi connectivity index (χ1) is 13.1. The molecule has 2 unspecified atom stereocenters. The third-order valence-corrected chi connectivity index (χ3v) is 5.20. The number of nitrogens with zero attached hydrogens (tertiary/aromatic N) is 4. The Labute approximate surface area is 157 Å². The number of para-hydroxylation sites is 1. The van der Waals surface area contributed by atoms with Crippen molar-refractivity contribution in [2.75, 3.05) is 0 Å². The van der Waals surface area contributed by atoms with Crippen molar-refractivity contribution in [2.45, 2.75) is 44.2 Å². The number of aliphatic hydroxyl groups is 2. The number of aryl methyl sites for hydroxylation is 1. The van der Waals surface area contributed by atoms with Crippen LogP contribution < -0.4 is 4.74 Å². The normalized spacial score (nSPS) is 25.0. The molecule has 27 heavy (non-hydrogen) atoms. The SMILES string of the molecule is C=NCc1ccccc1O[C@@H]1C[C@H](n2ccc3c(C)ncnc32)C(O)C1O. The van der Waals surface area contributed by atoms with Crippen molar-refractivity contribution >= 4 is 17.8 Å². The molecule has 1 saturated carbocycles. The first-order valence-corrected chi connectivity index (χ1v) is 8.91. The molecule has 0 spiro atoms. The fraction of sp³-hybridized carbons (Fsp3) is 0.350. The third kappa shape index (κ3) is 3.09. The average Bonchev–Trinajstić information content (AvgIpc) is 3.21. The Bertz CT molecular complexity index is 971. The topological polar surface area (TPSA) is 92.8 Å². The maximum absolute atomic E-state index is 10.7. The van der Waals surface area contributed by atoms with Gasteiger partial charge in [-0.3, -0.25) is 4.99 Å². The molecule has 0 radical (unpaired) electrons. The summed E-state index contributed by atoms with van der Waals surface area (Å²) < 4.78 is 7.96. The van der Waals surface area contributed by atoms with Crippen LogP contribution in [0.15, 0.2) is 47.8 Å². The smallest absolute Gasteiger partial charge is 0.143 e. The van der Waals surface area contributed by atoms with Gasteiger partial charge in [0.2, 0.25) is 0 Å². The number of hydrogen-bond acceptors (Lipinski definition) is 6. The second kappa shape index (κ2) is 7.09. The summed E-state index contributed by atoms with van der Waals surface area (Å²) in [5, 5.41) is 22.2. The lowest BCUT2D eigenvalue weighted by molar-refractivity contribution is -0.0165. The van der Waals surface area contributed by atoms with Crippen LogP contribution in [0.5, 0.6) is 5.75 Å². The van der Waals surface area contributed by atoms with Crippen molar-refractivity contribution in [1.82, 2.24) is 14.5 Å². The second-order valence-corrected chi connectivity index (χ2v) is 6.85. The van der Waals surface area contributed by atoms with Crippen LogP contribution in [0.1, 0.15) is 23.7 Å². The van der Waals surface area contributed by atoms with Gasteiger partial charge in [0, 0.05) is 23.6 Å². The van der Waals surface area contributed by atoms with Gasteiger partial charge in [0.05, 0.1) is 18.3 Å². The van der Waals surface area contributed by atoms with Crippen molar-refractivity contribution < 1.29 is 14.9 Å². The molecule has 0 bridgehead atoms. The Balaban J connectivity index is 1.61. The molecule has 1 aliphatic carbocycles. The third-order valence-electron chi connectivity index (χ3n) is 5.20. The van der Waals surface area contributed by atoms with Crippen molar-refractivity contribution in [2.24, 2.45) is 4.99 Å². The van der Waals surface area contributed by atoms with Gasteiger partial charge in [-0.25, -0.2) is 9.97 Å². The summed E-state index contributed by atoms with van der Waals surface area (Å²) in [6, 6.07) is 9.14. The zero-order chi connectivity index (χ0) is 19.0. The van der Waals surface area contributed by atoms with Gasteiger partial charge in [-0.2, -0.15) is 0 Å². The van der Waals surface area contributed by atoms with E-state index in [2.05, 4.69) is 21.7 Å². The highest BCUT2D eigenvalue weighted by molar-refractivity contribution is 5.78. The van der Waals surface area contributed by atoms with Crippen molar-refractivity contribution in [3.05, 3.63) is 54.1 Å². The molecule has 3 aromatic rings. The van der Waals surface area contributed by atoms with Gasteiger partial charge in [-0.1, -0.05) is 18.2 Å². The fourth-order valence-electron chi connectivity index (χ4n) is 3.76. The van der Waals surface area contributed by atoms with Crippen molar-refractivity contribution in [1.29, 1.82) is 0 Å². The summed E-state index contributed by atoms with van der Waals surface area (Å²) in [5.41, 5.74) is 2.52. The van der Waals surface area contributed by atoms with Crippen LogP contribution in [0.2, 0.25) is 0 Å². The van der Waals surface area contributed by atoms with Gasteiger partial charge in [-0.15, -0.1) is 0 Å². The molecule has 4 rings (SSSR count). The molecular weight excluding hydrogens is 344 g/mol. The van der Waals surface area contributed by atoms with Gasteiger partial charge in [-0.05, 0) is 25.8 Å². The molecule has 0 amide bonds. The number of aliphatic hydroxyl groups excluding tert-OH is 2. The number of ether oxygens (including phenoxy) is 1. The number of aromatic nitrogens is 3. The van der Waals surface area contributed by atoms with E-state index in [1.807, 2.05) is 48.0 Å². The van der Waals surface area contributed by atoms with Crippen LogP contribution >= 0.6 is 0 Å². The Morgan fingerprint density at radius 2 is 2.04 bits per heavy atom. The molecule has 2 aromatic heterocycles. The molecule has 1 fully saturated rings. The van der Waals surface area contributed by atoms with Gasteiger partial charge in [0.1, 0.15) is 36.0 Å². The number of rotatable bonds is 5. The number of aliphatic imine (C=N–C) groups is 1. The molecule has 0 aliphatic heterocycles. The van der Waals surface area contributed by atoms with Crippen LogP contribution in [0.3, 0.4) is 0 Å². The monoisotopic (exact) mass is 366 g/mol. The van der Waals surface area contributed by atoms with E-state index < -0.39 is 18.3 Å². The zero-order valence-electron chi connectivity index (χ0n) is 15.1. The number of fused-ring (bicyclic) bond motifs is 1. The standard InChI is InChI=1S/C20H22N4O3/c1-12-14-7-8-24(20(14)23-11-22-12)15-9-17(19(26)18(15)25)27-16-6-4-3-5-13(16)10-21-2/h3-8,11,15,17-19,25-26H,2,9-10H2,1H3/t15-,17+,18?,19?/m0/s1. The molecule has 7 heteroatoms. The Hall–Kier alpha value is -2.77. The molecule has 2 N–H and O–H groups in total. The van der Waals surface area contributed by atoms with Crippen LogP contribution in [-0.2, 0) is 6.54 Å². The maximum atomic E-state index is 10.7. The van der Waals surface area contributed by atoms with E-state index in [9.17, 15) is 10.2 Å². The molecule has 2 heterocycles. The van der Waals surface area contributed by atoms with Crippen LogP contribution in [0.25, 0.3) is 11.0 Å². The van der Waals surface area contributed by atoms with Crippen LogP contribution in [0.4, 0.5) is 0 Å². The highest BCUT2D eigenvalue weighted by Crippen LogP contribution is 2.36. The molecule has 140 valence electrons. The van der Waals surface area contributed by atoms with E-state index in [1.54, 1.807) is 0 Å². The Morgan fingerprint density at radius 3 is 2.85 bits per heavy atom. The fourth-order valence-corrected chi connectivity index (χ4v) is 3.76. The lowest BCUT2D eigenvalue weighted by atomic mass is 10.2. The van der Waals surface area contributed by atoms with E-state index >= 15 is 0 Å². The van der Waals surface area contributed by atoms with E-state index in [-0.39, 0.29) is 6.04 Å². The van der Waals surface area contributed by atoms with E-state index in [1.165, 1.54) is 6.33 Å². The van der Waals surface area contributed by atoms with E-state index in [0.717, 1.165) is 22.3 Å². The molecule has 1 aromatic carbocycles. The summed E-state index contributed by atoms with van der Waals surface area (Å²) >= 11 is 0. The molecule has 1 aliphatic rings. The highest BCUT2D eigenvalue weighted by atomic mass is 16.5. The summed E-state index contributed by atoms with van der Waals surface area (Å²) in [7, 11) is 0. The van der Waals surface area contributed by atoms with Crippen LogP contribution in [-0.4, -0.2) is 49.8 Å². The minimum absolute atomic E-state index is 0.332. The van der Waals surface area contributed by atoms with Gasteiger partial charge >= 0.3 is 0 Å². The minimum Gasteiger partial charge on any atom is -0.487 e. The van der Waals surface area contributed by atoms with Crippen LogP contribution in [0, 0.1) is 6.92 Å². The zero-order valence-corrected chi connectivity index (χ0v) is 15.1. The Kier molecular flexibility index (Phi) is 4.63. The van der Waals surface area contributed by atoms with Gasteiger partial charge in [0.25, 0.3) is 0 Å². The highest BCUT2D eigenvalue weighted by Gasteiger charge is 2.44. The first kappa shape index (κ1) is 17.6. The maximum Gasteiger partial charge on any atom is 0.143 e. The predicted molar refractivity (Wildman–Crippen MR) is 102 cm³/mol. The van der Waals surface area contributed by atoms with Crippen molar-refractivity contribution in [3.63, 3.8) is 0 Å². The summed E-state index contributed by atoms with van der Waals surface area (Å²) in [4.78, 5) is 12.5. The summed E-state index contributed by atoms with van der Waals surface area (Å²) in [6.07, 6.45) is 1.37. The van der Waals surface area contributed by atoms with Gasteiger partial charge < -0.3 is 19.5 Å². The second-order valence-electron chi connectivity index (χ2n) is 6.85. The predicted octanol–water partition coefficient (Wildman–Crippen LogP) is 2.05. The minimum atomic E-state index is -1.000. The average molecular weight is 366 g/mol. The Morgan fingerprint density at radius 1 is 1.22 bits per heavy atom. The molecule has 4 atom stereocenters. The summed E-state index contributed by atoms with van der Waals surface area (Å²) in [5.74, 6) is 0.650. The quantitative estimate of drug-likeness (QED) is 0.674. The number of hydrogen-bond donors (Lipinski definition) is 2. The molecular formula is C20H22N4O3.